The van der Waals surface area contributed by atoms with Crippen molar-refractivity contribution in [1.29, 1.82) is 0 Å². The van der Waals surface area contributed by atoms with Crippen LogP contribution in [0.25, 0.3) is 0 Å². The number of nitrogens with one attached hydrogen (secondary N) is 2. The summed E-state index contributed by atoms with van der Waals surface area (Å²) in [6.07, 6.45) is 0. The number of aliphatic carboxylic acids is 1. The molecule has 1 unspecified atom stereocenters. The molecule has 1 aliphatic rings. The molecule has 0 saturated heterocycles. The number of hydrogen-bond acceptors (Lipinski definition) is 3. The lowest BCUT2D eigenvalue weighted by Gasteiger charge is -2.29. The van der Waals surface area contributed by atoms with E-state index in [1.165, 1.54) is 11.8 Å². The minimum atomic E-state index is -0.984. The lowest BCUT2D eigenvalue weighted by Crippen LogP contribution is -2.48. The summed E-state index contributed by atoms with van der Waals surface area (Å²) in [6, 6.07) is 6.45. The van der Waals surface area contributed by atoms with Gasteiger partial charge in [-0.1, -0.05) is 19.1 Å². The van der Waals surface area contributed by atoms with Gasteiger partial charge in [-0.25, -0.2) is 4.79 Å². The molecular weight excluding hydrogens is 262 g/mol. The van der Waals surface area contributed by atoms with Crippen LogP contribution in [0.4, 0.5) is 16.2 Å². The van der Waals surface area contributed by atoms with Crippen molar-refractivity contribution in [2.45, 2.75) is 6.92 Å². The van der Waals surface area contributed by atoms with Crippen LogP contribution in [-0.2, 0) is 9.59 Å². The van der Waals surface area contributed by atoms with E-state index in [1.807, 2.05) is 0 Å². The lowest BCUT2D eigenvalue weighted by atomic mass is 10.2. The molecular formula is C13H15N3O4. The fourth-order valence-corrected chi connectivity index (χ4v) is 1.84. The minimum absolute atomic E-state index is 0.00839. The number of carbonyl (C=O) groups is 3. The molecule has 0 aliphatic carbocycles. The zero-order valence-corrected chi connectivity index (χ0v) is 10.9. The Hall–Kier alpha value is -2.57. The van der Waals surface area contributed by atoms with Crippen molar-refractivity contribution in [2.75, 3.05) is 23.3 Å². The Kier molecular flexibility index (Phi) is 3.88. The summed E-state index contributed by atoms with van der Waals surface area (Å²) in [4.78, 5) is 35.6. The molecule has 0 bridgehead atoms. The summed E-state index contributed by atoms with van der Waals surface area (Å²) in [5.41, 5.74) is 1.15. The molecule has 0 aromatic heterocycles. The summed E-state index contributed by atoms with van der Waals surface area (Å²) in [7, 11) is 0. The Morgan fingerprint density at radius 1 is 1.45 bits per heavy atom. The second-order valence-corrected chi connectivity index (χ2v) is 4.58. The van der Waals surface area contributed by atoms with Gasteiger partial charge in [0, 0.05) is 6.54 Å². The first-order valence-electron chi connectivity index (χ1n) is 6.16. The molecule has 1 aliphatic heterocycles. The van der Waals surface area contributed by atoms with Gasteiger partial charge in [0.05, 0.1) is 17.3 Å². The van der Waals surface area contributed by atoms with Crippen LogP contribution >= 0.6 is 0 Å². The molecule has 3 N–H and O–H groups in total. The van der Waals surface area contributed by atoms with Crippen LogP contribution in [0.2, 0.25) is 0 Å². The maximum Gasteiger partial charge on any atom is 0.322 e. The van der Waals surface area contributed by atoms with Gasteiger partial charge >= 0.3 is 12.0 Å². The van der Waals surface area contributed by atoms with Gasteiger partial charge in [0.2, 0.25) is 5.91 Å². The summed E-state index contributed by atoms with van der Waals surface area (Å²) in [5, 5.41) is 14.0. The van der Waals surface area contributed by atoms with E-state index in [1.54, 1.807) is 24.3 Å². The average Bonchev–Trinajstić information content (AvgIpc) is 2.43. The zero-order valence-electron chi connectivity index (χ0n) is 10.9. The number of benzene rings is 1. The second-order valence-electron chi connectivity index (χ2n) is 4.58. The zero-order chi connectivity index (χ0) is 14.7. The van der Waals surface area contributed by atoms with Gasteiger partial charge in [-0.15, -0.1) is 0 Å². The highest BCUT2D eigenvalue weighted by molar-refractivity contribution is 6.09. The van der Waals surface area contributed by atoms with Crippen LogP contribution in [0.1, 0.15) is 6.92 Å². The third-order valence-electron chi connectivity index (χ3n) is 3.00. The Balaban J connectivity index is 2.10. The number of rotatable bonds is 3. The van der Waals surface area contributed by atoms with Crippen LogP contribution in [-0.4, -0.2) is 36.1 Å². The SMILES string of the molecule is CC(CNC(=O)N1CC(=O)Nc2ccccc21)C(=O)O. The number of carboxylic acids is 1. The van der Waals surface area contributed by atoms with E-state index < -0.39 is 17.9 Å². The fourth-order valence-electron chi connectivity index (χ4n) is 1.84. The van der Waals surface area contributed by atoms with Crippen molar-refractivity contribution in [2.24, 2.45) is 5.92 Å². The topological polar surface area (TPSA) is 98.7 Å². The molecule has 1 heterocycles. The number of carboxylic acid groups (broad SMARTS) is 1. The van der Waals surface area contributed by atoms with E-state index in [0.717, 1.165) is 0 Å². The Morgan fingerprint density at radius 2 is 2.15 bits per heavy atom. The van der Waals surface area contributed by atoms with E-state index >= 15 is 0 Å². The highest BCUT2D eigenvalue weighted by Crippen LogP contribution is 2.28. The lowest BCUT2D eigenvalue weighted by molar-refractivity contribution is -0.140. The largest absolute Gasteiger partial charge is 0.481 e. The first-order chi connectivity index (χ1) is 9.49. The number of fused-ring (bicyclic) bond motifs is 1. The predicted octanol–water partition coefficient (Wildman–Crippen LogP) is 0.875. The van der Waals surface area contributed by atoms with Crippen LogP contribution < -0.4 is 15.5 Å². The standard InChI is InChI=1S/C13H15N3O4/c1-8(12(18)19)6-14-13(20)16-7-11(17)15-9-4-2-3-5-10(9)16/h2-5,8H,6-7H2,1H3,(H,14,20)(H,15,17)(H,18,19). The van der Waals surface area contributed by atoms with Gasteiger partial charge in [0.15, 0.2) is 0 Å². The van der Waals surface area contributed by atoms with Crippen molar-refractivity contribution in [3.63, 3.8) is 0 Å². The number of anilines is 2. The number of carbonyl (C=O) groups excluding carboxylic acids is 2. The minimum Gasteiger partial charge on any atom is -0.481 e. The summed E-state index contributed by atoms with van der Waals surface area (Å²) >= 11 is 0. The smallest absolute Gasteiger partial charge is 0.322 e. The maximum absolute atomic E-state index is 12.1. The van der Waals surface area contributed by atoms with Crippen molar-refractivity contribution >= 4 is 29.3 Å². The molecule has 106 valence electrons. The second kappa shape index (κ2) is 5.60. The molecule has 7 heteroatoms. The number of hydrogen-bond donors (Lipinski definition) is 3. The van der Waals surface area contributed by atoms with Gasteiger partial charge in [-0.3, -0.25) is 14.5 Å². The molecule has 1 atom stereocenters. The summed E-state index contributed by atoms with van der Waals surface area (Å²) < 4.78 is 0. The predicted molar refractivity (Wildman–Crippen MR) is 72.6 cm³/mol. The Morgan fingerprint density at radius 3 is 2.85 bits per heavy atom. The molecule has 0 saturated carbocycles. The Bertz CT molecular complexity index is 558. The first kappa shape index (κ1) is 13.9. The summed E-state index contributed by atoms with van der Waals surface area (Å²) in [5.74, 6) is -1.96. The monoisotopic (exact) mass is 277 g/mol. The maximum atomic E-state index is 12.1. The highest BCUT2D eigenvalue weighted by atomic mass is 16.4. The number of nitrogens with zero attached hydrogens (tertiary/aromatic N) is 1. The van der Waals surface area contributed by atoms with Gasteiger partial charge in [0.1, 0.15) is 6.54 Å². The fraction of sp³-hybridized carbons (Fsp3) is 0.308. The molecule has 20 heavy (non-hydrogen) atoms. The molecule has 0 spiro atoms. The van der Waals surface area contributed by atoms with Crippen LogP contribution in [0.15, 0.2) is 24.3 Å². The average molecular weight is 277 g/mol. The first-order valence-corrected chi connectivity index (χ1v) is 6.16. The number of para-hydroxylation sites is 2. The van der Waals surface area contributed by atoms with Crippen LogP contribution in [0, 0.1) is 5.92 Å². The van der Waals surface area contributed by atoms with Crippen LogP contribution in [0.3, 0.4) is 0 Å². The number of urea groups is 1. The third kappa shape index (κ3) is 2.87. The van der Waals surface area contributed by atoms with Gasteiger partial charge in [-0.2, -0.15) is 0 Å². The normalized spacial score (nSPS) is 15.1. The van der Waals surface area contributed by atoms with Gasteiger partial charge in [0.25, 0.3) is 0 Å². The molecule has 3 amide bonds. The molecule has 0 radical (unpaired) electrons. The van der Waals surface area contributed by atoms with E-state index in [9.17, 15) is 14.4 Å². The van der Waals surface area contributed by atoms with Crippen molar-refractivity contribution in [3.05, 3.63) is 24.3 Å². The molecule has 1 aromatic rings. The van der Waals surface area contributed by atoms with Gasteiger partial charge < -0.3 is 15.7 Å². The van der Waals surface area contributed by atoms with E-state index in [2.05, 4.69) is 10.6 Å². The molecule has 7 nitrogen and oxygen atoms in total. The van der Waals surface area contributed by atoms with E-state index in [4.69, 9.17) is 5.11 Å². The molecule has 0 fully saturated rings. The number of amides is 3. The van der Waals surface area contributed by atoms with E-state index in [0.29, 0.717) is 11.4 Å². The molecule has 1 aromatic carbocycles. The quantitative estimate of drug-likeness (QED) is 0.763. The summed E-state index contributed by atoms with van der Waals surface area (Å²) in [6.45, 7) is 1.41. The van der Waals surface area contributed by atoms with Crippen LogP contribution in [0.5, 0.6) is 0 Å². The van der Waals surface area contributed by atoms with Gasteiger partial charge in [-0.05, 0) is 12.1 Å². The third-order valence-corrected chi connectivity index (χ3v) is 3.00. The highest BCUT2D eigenvalue weighted by Gasteiger charge is 2.26. The van der Waals surface area contributed by atoms with Crippen molar-refractivity contribution in [1.82, 2.24) is 5.32 Å². The van der Waals surface area contributed by atoms with E-state index in [-0.39, 0.29) is 19.0 Å². The Labute approximate surface area is 115 Å². The van der Waals surface area contributed by atoms with Crippen molar-refractivity contribution < 1.29 is 19.5 Å². The van der Waals surface area contributed by atoms with Crippen molar-refractivity contribution in [3.8, 4) is 0 Å². The molecule has 2 rings (SSSR count).